The molecule has 6 heteroatoms. The fraction of sp³-hybridized carbons (Fsp3) is 0.455. The van der Waals surface area contributed by atoms with Gasteiger partial charge in [0.1, 0.15) is 17.3 Å². The average Bonchev–Trinajstić information content (AvgIpc) is 2.23. The summed E-state index contributed by atoms with van der Waals surface area (Å²) in [4.78, 5) is 0. The predicted octanol–water partition coefficient (Wildman–Crippen LogP) is 2.20. The molecule has 1 aromatic rings. The number of hydrogen-bond donors (Lipinski definition) is 1. The molecule has 1 N–H and O–H groups in total. The highest BCUT2D eigenvalue weighted by molar-refractivity contribution is 7.91. The minimum Gasteiger partial charge on any atom is -0.377 e. The minimum absolute atomic E-state index is 0.0127. The number of anilines is 1. The van der Waals surface area contributed by atoms with E-state index in [2.05, 4.69) is 5.32 Å². The summed E-state index contributed by atoms with van der Waals surface area (Å²) in [5.41, 5.74) is -0.286. The smallest absolute Gasteiger partial charge is 0.152 e. The molecule has 1 rings (SSSR count). The molecule has 0 heterocycles. The molecule has 17 heavy (non-hydrogen) atoms. The van der Waals surface area contributed by atoms with Crippen LogP contribution in [0.2, 0.25) is 0 Å². The van der Waals surface area contributed by atoms with Crippen molar-refractivity contribution < 1.29 is 17.2 Å². The molecule has 0 aromatic heterocycles. The van der Waals surface area contributed by atoms with Crippen LogP contribution in [0.25, 0.3) is 0 Å². The van der Waals surface area contributed by atoms with Gasteiger partial charge in [0.25, 0.3) is 0 Å². The number of halogens is 2. The summed E-state index contributed by atoms with van der Waals surface area (Å²) in [5, 5.41) is 2.54. The van der Waals surface area contributed by atoms with Gasteiger partial charge in [-0.25, -0.2) is 17.2 Å². The summed E-state index contributed by atoms with van der Waals surface area (Å²) in [7, 11) is -3.17. The summed E-state index contributed by atoms with van der Waals surface area (Å²) < 4.78 is 49.2. The van der Waals surface area contributed by atoms with Gasteiger partial charge in [-0.3, -0.25) is 0 Å². The average molecular weight is 263 g/mol. The van der Waals surface area contributed by atoms with Crippen LogP contribution in [0.3, 0.4) is 0 Å². The molecule has 1 unspecified atom stereocenters. The first-order valence-corrected chi connectivity index (χ1v) is 7.09. The second-order valence-electron chi connectivity index (χ2n) is 3.84. The van der Waals surface area contributed by atoms with Gasteiger partial charge >= 0.3 is 0 Å². The van der Waals surface area contributed by atoms with Crippen LogP contribution in [0.5, 0.6) is 0 Å². The first-order chi connectivity index (χ1) is 7.85. The van der Waals surface area contributed by atoms with Crippen LogP contribution in [0.1, 0.15) is 13.8 Å². The van der Waals surface area contributed by atoms with Crippen molar-refractivity contribution in [1.82, 2.24) is 0 Å². The van der Waals surface area contributed by atoms with E-state index < -0.39 is 27.5 Å². The lowest BCUT2D eigenvalue weighted by Crippen LogP contribution is -2.27. The van der Waals surface area contributed by atoms with Crippen LogP contribution >= 0.6 is 0 Å². The van der Waals surface area contributed by atoms with E-state index in [1.54, 1.807) is 6.92 Å². The zero-order chi connectivity index (χ0) is 13.1. The summed E-state index contributed by atoms with van der Waals surface area (Å²) in [6.07, 6.45) is 0. The highest BCUT2D eigenvalue weighted by Gasteiger charge is 2.16. The highest BCUT2D eigenvalue weighted by Crippen LogP contribution is 2.19. The number of para-hydroxylation sites is 1. The Morgan fingerprint density at radius 3 is 2.29 bits per heavy atom. The van der Waals surface area contributed by atoms with Gasteiger partial charge in [-0.05, 0) is 19.1 Å². The van der Waals surface area contributed by atoms with Crippen molar-refractivity contribution in [3.63, 3.8) is 0 Å². The van der Waals surface area contributed by atoms with Gasteiger partial charge < -0.3 is 5.32 Å². The van der Waals surface area contributed by atoms with Gasteiger partial charge in [-0.1, -0.05) is 13.0 Å². The summed E-state index contributed by atoms with van der Waals surface area (Å²) in [6, 6.07) is 2.94. The molecule has 0 fully saturated rings. The Morgan fingerprint density at radius 2 is 1.82 bits per heavy atom. The van der Waals surface area contributed by atoms with Crippen LogP contribution in [0, 0.1) is 11.6 Å². The fourth-order valence-corrected chi connectivity index (χ4v) is 2.50. The number of hydrogen-bond acceptors (Lipinski definition) is 3. The largest absolute Gasteiger partial charge is 0.377 e. The maximum absolute atomic E-state index is 13.3. The standard InChI is InChI=1S/C11H15F2NO2S/c1-3-17(15,16)7-8(2)14-11-9(12)5-4-6-10(11)13/h4-6,8,14H,3,7H2,1-2H3. The molecule has 96 valence electrons. The zero-order valence-electron chi connectivity index (χ0n) is 9.70. The van der Waals surface area contributed by atoms with Crippen LogP contribution in [0.4, 0.5) is 14.5 Å². The molecule has 0 aliphatic rings. The summed E-state index contributed by atoms with van der Waals surface area (Å²) in [6.45, 7) is 3.10. The number of sulfone groups is 1. The van der Waals surface area contributed by atoms with E-state index in [0.29, 0.717) is 0 Å². The Labute approximate surface area is 99.8 Å². The molecule has 0 aliphatic heterocycles. The Balaban J connectivity index is 2.79. The van der Waals surface area contributed by atoms with Crippen molar-refractivity contribution in [3.8, 4) is 0 Å². The van der Waals surface area contributed by atoms with E-state index in [1.807, 2.05) is 0 Å². The molecule has 1 atom stereocenters. The van der Waals surface area contributed by atoms with Crippen molar-refractivity contribution in [2.24, 2.45) is 0 Å². The van der Waals surface area contributed by atoms with Crippen LogP contribution in [-0.4, -0.2) is 26.0 Å². The van der Waals surface area contributed by atoms with E-state index >= 15 is 0 Å². The molecule has 0 amide bonds. The van der Waals surface area contributed by atoms with Crippen molar-refractivity contribution in [2.75, 3.05) is 16.8 Å². The Morgan fingerprint density at radius 1 is 1.29 bits per heavy atom. The summed E-state index contributed by atoms with van der Waals surface area (Å²) in [5.74, 6) is -1.60. The monoisotopic (exact) mass is 263 g/mol. The lowest BCUT2D eigenvalue weighted by Gasteiger charge is -2.15. The molecule has 0 radical (unpaired) electrons. The lowest BCUT2D eigenvalue weighted by molar-refractivity contribution is 0.579. The van der Waals surface area contributed by atoms with E-state index in [-0.39, 0.29) is 17.2 Å². The maximum Gasteiger partial charge on any atom is 0.152 e. The van der Waals surface area contributed by atoms with Gasteiger partial charge in [0.05, 0.1) is 5.75 Å². The molecule has 0 saturated heterocycles. The van der Waals surface area contributed by atoms with Crippen molar-refractivity contribution in [3.05, 3.63) is 29.8 Å². The third-order valence-electron chi connectivity index (χ3n) is 2.30. The van der Waals surface area contributed by atoms with Gasteiger partial charge in [-0.15, -0.1) is 0 Å². The number of benzene rings is 1. The SMILES string of the molecule is CCS(=O)(=O)CC(C)Nc1c(F)cccc1F. The second kappa shape index (κ2) is 5.44. The molecule has 0 bridgehead atoms. The van der Waals surface area contributed by atoms with E-state index in [0.717, 1.165) is 12.1 Å². The van der Waals surface area contributed by atoms with Crippen LogP contribution in [0.15, 0.2) is 18.2 Å². The molecule has 0 spiro atoms. The number of rotatable bonds is 5. The molecule has 0 saturated carbocycles. The van der Waals surface area contributed by atoms with Crippen LogP contribution in [-0.2, 0) is 9.84 Å². The topological polar surface area (TPSA) is 46.2 Å². The lowest BCUT2D eigenvalue weighted by atomic mass is 10.2. The maximum atomic E-state index is 13.3. The van der Waals surface area contributed by atoms with Crippen molar-refractivity contribution in [2.45, 2.75) is 19.9 Å². The Kier molecular flexibility index (Phi) is 4.45. The first-order valence-electron chi connectivity index (χ1n) is 5.26. The fourth-order valence-electron chi connectivity index (χ4n) is 1.42. The van der Waals surface area contributed by atoms with Gasteiger partial charge in [0.15, 0.2) is 9.84 Å². The van der Waals surface area contributed by atoms with Crippen molar-refractivity contribution >= 4 is 15.5 Å². The normalized spacial score (nSPS) is 13.4. The molecule has 3 nitrogen and oxygen atoms in total. The predicted molar refractivity (Wildman–Crippen MR) is 63.8 cm³/mol. The van der Waals surface area contributed by atoms with E-state index in [4.69, 9.17) is 0 Å². The number of nitrogens with one attached hydrogen (secondary N) is 1. The molecule has 1 aromatic carbocycles. The highest BCUT2D eigenvalue weighted by atomic mass is 32.2. The summed E-state index contributed by atoms with van der Waals surface area (Å²) >= 11 is 0. The van der Waals surface area contributed by atoms with Gasteiger partial charge in [0, 0.05) is 11.8 Å². The molecule has 0 aliphatic carbocycles. The van der Waals surface area contributed by atoms with Crippen LogP contribution < -0.4 is 5.32 Å². The third kappa shape index (κ3) is 3.96. The van der Waals surface area contributed by atoms with Crippen molar-refractivity contribution in [1.29, 1.82) is 0 Å². The van der Waals surface area contributed by atoms with E-state index in [1.165, 1.54) is 13.0 Å². The second-order valence-corrected chi connectivity index (χ2v) is 6.24. The third-order valence-corrected chi connectivity index (χ3v) is 4.18. The Hall–Kier alpha value is -1.17. The zero-order valence-corrected chi connectivity index (χ0v) is 10.5. The first kappa shape index (κ1) is 13.9. The van der Waals surface area contributed by atoms with E-state index in [9.17, 15) is 17.2 Å². The molecular formula is C11H15F2NO2S. The van der Waals surface area contributed by atoms with Gasteiger partial charge in [0.2, 0.25) is 0 Å². The Bertz CT molecular complexity index is 468. The molecular weight excluding hydrogens is 248 g/mol. The van der Waals surface area contributed by atoms with Gasteiger partial charge in [-0.2, -0.15) is 0 Å². The minimum atomic E-state index is -3.17. The quantitative estimate of drug-likeness (QED) is 0.886.